The Morgan fingerprint density at radius 3 is 2.24 bits per heavy atom. The first-order valence-electron chi connectivity index (χ1n) is 4.89. The van der Waals surface area contributed by atoms with Crippen LogP contribution in [0.5, 0.6) is 0 Å². The average Bonchev–Trinajstić information content (AvgIpc) is 2.58. The van der Waals surface area contributed by atoms with Gasteiger partial charge >= 0.3 is 0 Å². The van der Waals surface area contributed by atoms with E-state index in [1.807, 2.05) is 0 Å². The first kappa shape index (κ1) is 12.7. The Kier molecular flexibility index (Phi) is 3.64. The minimum absolute atomic E-state index is 0.496. The van der Waals surface area contributed by atoms with Gasteiger partial charge in [0.25, 0.3) is 0 Å². The summed E-state index contributed by atoms with van der Waals surface area (Å²) in [6, 6.07) is 4.75. The molecule has 3 nitrogen and oxygen atoms in total. The van der Waals surface area contributed by atoms with Gasteiger partial charge < -0.3 is 5.73 Å². The van der Waals surface area contributed by atoms with Gasteiger partial charge in [-0.25, -0.2) is 0 Å². The van der Waals surface area contributed by atoms with E-state index in [1.165, 1.54) is 0 Å². The van der Waals surface area contributed by atoms with Crippen LogP contribution in [0.25, 0.3) is 0 Å². The van der Waals surface area contributed by atoms with Gasteiger partial charge in [-0.3, -0.25) is 4.68 Å². The van der Waals surface area contributed by atoms with Crippen molar-refractivity contribution in [2.75, 3.05) is 0 Å². The van der Waals surface area contributed by atoms with E-state index in [-0.39, 0.29) is 0 Å². The molecule has 1 heterocycles. The molecule has 0 amide bonds. The number of aromatic nitrogens is 2. The Morgan fingerprint density at radius 1 is 1.18 bits per heavy atom. The largest absolute Gasteiger partial charge is 0.319 e. The monoisotopic (exact) mass is 289 g/mol. The lowest BCUT2D eigenvalue weighted by Crippen LogP contribution is -2.17. The van der Waals surface area contributed by atoms with Gasteiger partial charge in [0.15, 0.2) is 0 Å². The number of benzene rings is 1. The Balaban J connectivity index is 2.55. The second-order valence-electron chi connectivity index (χ2n) is 3.61. The lowest BCUT2D eigenvalue weighted by Gasteiger charge is -2.16. The highest BCUT2D eigenvalue weighted by Gasteiger charge is 2.21. The average molecular weight is 291 g/mol. The van der Waals surface area contributed by atoms with Crippen LogP contribution in [0.15, 0.2) is 24.4 Å². The number of halogens is 3. The molecule has 0 radical (unpaired) electrons. The zero-order valence-corrected chi connectivity index (χ0v) is 11.3. The predicted octanol–water partition coefficient (Wildman–Crippen LogP) is 3.43. The number of hydrogen-bond acceptors (Lipinski definition) is 2. The highest BCUT2D eigenvalue weighted by molar-refractivity contribution is 6.36. The first-order chi connectivity index (χ1) is 8.02. The number of hydrogen-bond donors (Lipinski definition) is 1. The van der Waals surface area contributed by atoms with Gasteiger partial charge in [-0.2, -0.15) is 5.10 Å². The molecule has 1 unspecified atom stereocenters. The minimum Gasteiger partial charge on any atom is -0.319 e. The van der Waals surface area contributed by atoms with Crippen LogP contribution in [0.1, 0.15) is 17.3 Å². The Hall–Kier alpha value is -0.740. The van der Waals surface area contributed by atoms with Gasteiger partial charge in [0.1, 0.15) is 0 Å². The standard InChI is InChI=1S/C11H10Cl3N3/c1-17-11(8(14)5-16-17)10(15)9-6(12)3-2-4-7(9)13/h2-5,10H,15H2,1H3. The Morgan fingerprint density at radius 2 is 1.76 bits per heavy atom. The van der Waals surface area contributed by atoms with Crippen molar-refractivity contribution in [3.05, 3.63) is 50.7 Å². The zero-order chi connectivity index (χ0) is 12.6. The molecular formula is C11H10Cl3N3. The lowest BCUT2D eigenvalue weighted by atomic mass is 10.0. The summed E-state index contributed by atoms with van der Waals surface area (Å²) >= 11 is 18.3. The van der Waals surface area contributed by atoms with Gasteiger partial charge in [0, 0.05) is 22.7 Å². The number of aryl methyl sites for hydroxylation is 1. The molecule has 0 spiro atoms. The van der Waals surface area contributed by atoms with Crippen LogP contribution in [0, 0.1) is 0 Å². The fraction of sp³-hybridized carbons (Fsp3) is 0.182. The zero-order valence-electron chi connectivity index (χ0n) is 8.99. The molecule has 1 aromatic heterocycles. The molecule has 1 aromatic carbocycles. The van der Waals surface area contributed by atoms with E-state index < -0.39 is 6.04 Å². The third-order valence-corrected chi connectivity index (χ3v) is 3.49. The summed E-state index contributed by atoms with van der Waals surface area (Å²) in [6.07, 6.45) is 1.54. The summed E-state index contributed by atoms with van der Waals surface area (Å²) in [6.45, 7) is 0. The van der Waals surface area contributed by atoms with Crippen molar-refractivity contribution in [1.82, 2.24) is 9.78 Å². The van der Waals surface area contributed by atoms with E-state index in [4.69, 9.17) is 40.5 Å². The molecule has 6 heteroatoms. The molecule has 0 saturated heterocycles. The van der Waals surface area contributed by atoms with E-state index >= 15 is 0 Å². The molecule has 0 saturated carbocycles. The summed E-state index contributed by atoms with van der Waals surface area (Å²) in [4.78, 5) is 0. The predicted molar refractivity (Wildman–Crippen MR) is 70.7 cm³/mol. The molecular weight excluding hydrogens is 281 g/mol. The van der Waals surface area contributed by atoms with Crippen LogP contribution in [-0.4, -0.2) is 9.78 Å². The van der Waals surface area contributed by atoms with Crippen molar-refractivity contribution in [3.63, 3.8) is 0 Å². The van der Waals surface area contributed by atoms with Crippen LogP contribution in [0.3, 0.4) is 0 Å². The summed E-state index contributed by atoms with van der Waals surface area (Å²) in [5, 5.41) is 5.57. The van der Waals surface area contributed by atoms with Gasteiger partial charge in [0.05, 0.1) is 23.0 Å². The molecule has 0 aliphatic heterocycles. The van der Waals surface area contributed by atoms with Gasteiger partial charge in [0.2, 0.25) is 0 Å². The Labute approximate surface area is 114 Å². The molecule has 0 aliphatic rings. The van der Waals surface area contributed by atoms with Gasteiger partial charge in [-0.05, 0) is 12.1 Å². The van der Waals surface area contributed by atoms with Crippen LogP contribution in [0.2, 0.25) is 15.1 Å². The number of rotatable bonds is 2. The molecule has 17 heavy (non-hydrogen) atoms. The highest BCUT2D eigenvalue weighted by Crippen LogP contribution is 2.34. The van der Waals surface area contributed by atoms with Crippen molar-refractivity contribution in [1.29, 1.82) is 0 Å². The normalized spacial score (nSPS) is 12.8. The third kappa shape index (κ3) is 2.29. The van der Waals surface area contributed by atoms with Crippen LogP contribution < -0.4 is 5.73 Å². The number of nitrogens with zero attached hydrogens (tertiary/aromatic N) is 2. The summed E-state index contributed by atoms with van der Waals surface area (Å²) in [5.74, 6) is 0. The maximum atomic E-state index is 6.15. The van der Waals surface area contributed by atoms with Crippen LogP contribution >= 0.6 is 34.8 Å². The molecule has 1 atom stereocenters. The topological polar surface area (TPSA) is 43.8 Å². The molecule has 2 rings (SSSR count). The second-order valence-corrected chi connectivity index (χ2v) is 4.84. The summed E-state index contributed by atoms with van der Waals surface area (Å²) in [7, 11) is 1.77. The van der Waals surface area contributed by atoms with Gasteiger partial charge in [-0.1, -0.05) is 40.9 Å². The second kappa shape index (κ2) is 4.86. The molecule has 90 valence electrons. The van der Waals surface area contributed by atoms with Gasteiger partial charge in [-0.15, -0.1) is 0 Å². The number of nitrogens with two attached hydrogens (primary N) is 1. The Bertz CT molecular complexity index is 511. The highest BCUT2D eigenvalue weighted by atomic mass is 35.5. The van der Waals surface area contributed by atoms with Crippen LogP contribution in [0.4, 0.5) is 0 Å². The third-order valence-electron chi connectivity index (χ3n) is 2.54. The van der Waals surface area contributed by atoms with E-state index in [0.717, 1.165) is 0 Å². The molecule has 0 aliphatic carbocycles. The molecule has 2 N–H and O–H groups in total. The SMILES string of the molecule is Cn1ncc(Cl)c1C(N)c1c(Cl)cccc1Cl. The van der Waals surface area contributed by atoms with Crippen molar-refractivity contribution in [2.45, 2.75) is 6.04 Å². The van der Waals surface area contributed by atoms with Crippen molar-refractivity contribution in [3.8, 4) is 0 Å². The van der Waals surface area contributed by atoms with E-state index in [2.05, 4.69) is 5.10 Å². The van der Waals surface area contributed by atoms with Crippen LogP contribution in [-0.2, 0) is 7.05 Å². The van der Waals surface area contributed by atoms with Crippen molar-refractivity contribution < 1.29 is 0 Å². The first-order valence-corrected chi connectivity index (χ1v) is 6.02. The lowest BCUT2D eigenvalue weighted by molar-refractivity contribution is 0.673. The maximum absolute atomic E-state index is 6.15. The summed E-state index contributed by atoms with van der Waals surface area (Å²) in [5.41, 5.74) is 7.49. The maximum Gasteiger partial charge on any atom is 0.0837 e. The van der Waals surface area contributed by atoms with E-state index in [0.29, 0.717) is 26.3 Å². The van der Waals surface area contributed by atoms with Crippen molar-refractivity contribution >= 4 is 34.8 Å². The smallest absolute Gasteiger partial charge is 0.0837 e. The van der Waals surface area contributed by atoms with Crippen molar-refractivity contribution in [2.24, 2.45) is 12.8 Å². The molecule has 2 aromatic rings. The fourth-order valence-electron chi connectivity index (χ4n) is 1.71. The fourth-order valence-corrected chi connectivity index (χ4v) is 2.63. The minimum atomic E-state index is -0.504. The summed E-state index contributed by atoms with van der Waals surface area (Å²) < 4.78 is 1.62. The molecule has 0 fully saturated rings. The molecule has 0 bridgehead atoms. The van der Waals surface area contributed by atoms with E-state index in [9.17, 15) is 0 Å². The van der Waals surface area contributed by atoms with E-state index in [1.54, 1.807) is 36.1 Å². The quantitative estimate of drug-likeness (QED) is 0.921.